The van der Waals surface area contributed by atoms with E-state index in [0.717, 1.165) is 18.4 Å². The van der Waals surface area contributed by atoms with Crippen molar-refractivity contribution in [3.63, 3.8) is 0 Å². The Balaban J connectivity index is 3.87. The van der Waals surface area contributed by atoms with E-state index in [9.17, 15) is 9.59 Å². The molecule has 0 aromatic carbocycles. The average Bonchev–Trinajstić information content (AvgIpc) is 2.37. The van der Waals surface area contributed by atoms with Crippen LogP contribution in [0.4, 0.5) is 0 Å². The third-order valence-corrected chi connectivity index (χ3v) is 3.10. The summed E-state index contributed by atoms with van der Waals surface area (Å²) in [6.45, 7) is 10.4. The maximum absolute atomic E-state index is 11.7. The van der Waals surface area contributed by atoms with Gasteiger partial charge in [-0.1, -0.05) is 32.8 Å². The molecule has 1 atom stereocenters. The summed E-state index contributed by atoms with van der Waals surface area (Å²) in [5.74, 6) is -0.170. The molecule has 0 aliphatic carbocycles. The molecule has 1 unspecified atom stereocenters. The number of carbonyl (C=O) groups is 2. The van der Waals surface area contributed by atoms with Crippen LogP contribution in [-0.2, 0) is 19.1 Å². The molecule has 4 nitrogen and oxygen atoms in total. The molecule has 4 heteroatoms. The molecule has 122 valence electrons. The lowest BCUT2D eigenvalue weighted by Gasteiger charge is -2.20. The molecule has 0 spiro atoms. The summed E-state index contributed by atoms with van der Waals surface area (Å²) in [7, 11) is 0. The smallest absolute Gasteiger partial charge is 0.306 e. The second-order valence-electron chi connectivity index (χ2n) is 5.88. The molecule has 0 amide bonds. The lowest BCUT2D eigenvalue weighted by atomic mass is 10.0. The van der Waals surface area contributed by atoms with Crippen LogP contribution in [0.5, 0.6) is 0 Å². The first-order chi connectivity index (χ1) is 9.86. The van der Waals surface area contributed by atoms with Crippen LogP contribution < -0.4 is 0 Å². The second kappa shape index (κ2) is 11.4. The summed E-state index contributed by atoms with van der Waals surface area (Å²) in [4.78, 5) is 23.2. The number of carbonyl (C=O) groups excluding carboxylic acids is 2. The second-order valence-corrected chi connectivity index (χ2v) is 5.88. The van der Waals surface area contributed by atoms with Crippen LogP contribution in [0.1, 0.15) is 66.7 Å². The fraction of sp³-hybridized carbons (Fsp3) is 0.765. The van der Waals surface area contributed by atoms with Gasteiger partial charge in [-0.25, -0.2) is 0 Å². The summed E-state index contributed by atoms with van der Waals surface area (Å²) in [5, 5.41) is 0. The molecular weight excluding hydrogens is 268 g/mol. The van der Waals surface area contributed by atoms with E-state index >= 15 is 0 Å². The zero-order valence-electron chi connectivity index (χ0n) is 14.1. The highest BCUT2D eigenvalue weighted by Gasteiger charge is 2.17. The zero-order chi connectivity index (χ0) is 16.3. The van der Waals surface area contributed by atoms with E-state index in [1.165, 1.54) is 0 Å². The van der Waals surface area contributed by atoms with Crippen LogP contribution in [0.15, 0.2) is 11.6 Å². The Bertz CT molecular complexity index is 341. The number of hydrogen-bond donors (Lipinski definition) is 0. The van der Waals surface area contributed by atoms with E-state index in [1.54, 1.807) is 0 Å². The van der Waals surface area contributed by atoms with Crippen molar-refractivity contribution in [3.8, 4) is 0 Å². The predicted molar refractivity (Wildman–Crippen MR) is 83.9 cm³/mol. The van der Waals surface area contributed by atoms with Gasteiger partial charge in [-0.3, -0.25) is 9.59 Å². The normalized spacial score (nSPS) is 11.9. The first kappa shape index (κ1) is 19.7. The van der Waals surface area contributed by atoms with Gasteiger partial charge in [0.1, 0.15) is 12.7 Å². The summed E-state index contributed by atoms with van der Waals surface area (Å²) < 4.78 is 10.5. The molecule has 0 aromatic heterocycles. The first-order valence-corrected chi connectivity index (χ1v) is 7.85. The van der Waals surface area contributed by atoms with E-state index in [2.05, 4.69) is 6.92 Å². The molecule has 0 rings (SSSR count). The van der Waals surface area contributed by atoms with Gasteiger partial charge in [0.25, 0.3) is 0 Å². The molecule has 21 heavy (non-hydrogen) atoms. The standard InChI is InChI=1S/C17H30O4/c1-6-8-15(14(4)5)21-17(19)10-7-9-16(18)20-12-11-13(2)3/h11,14-15H,6-10,12H2,1-5H3. The molecular formula is C17H30O4. The summed E-state index contributed by atoms with van der Waals surface area (Å²) in [6, 6.07) is 0. The van der Waals surface area contributed by atoms with Crippen molar-refractivity contribution in [2.75, 3.05) is 6.61 Å². The molecule has 0 bridgehead atoms. The van der Waals surface area contributed by atoms with Crippen LogP contribution in [0.3, 0.4) is 0 Å². The number of hydrogen-bond acceptors (Lipinski definition) is 4. The molecule has 0 aliphatic rings. The summed E-state index contributed by atoms with van der Waals surface area (Å²) >= 11 is 0. The fourth-order valence-corrected chi connectivity index (χ4v) is 1.79. The Morgan fingerprint density at radius 1 is 1.10 bits per heavy atom. The zero-order valence-corrected chi connectivity index (χ0v) is 14.1. The van der Waals surface area contributed by atoms with Gasteiger partial charge in [0.2, 0.25) is 0 Å². The van der Waals surface area contributed by atoms with E-state index in [4.69, 9.17) is 9.47 Å². The van der Waals surface area contributed by atoms with Gasteiger partial charge < -0.3 is 9.47 Å². The third-order valence-electron chi connectivity index (χ3n) is 3.10. The van der Waals surface area contributed by atoms with Crippen molar-refractivity contribution >= 4 is 11.9 Å². The van der Waals surface area contributed by atoms with Crippen molar-refractivity contribution in [2.45, 2.75) is 72.8 Å². The van der Waals surface area contributed by atoms with Gasteiger partial charge in [0.15, 0.2) is 0 Å². The van der Waals surface area contributed by atoms with E-state index < -0.39 is 0 Å². The van der Waals surface area contributed by atoms with Crippen LogP contribution in [-0.4, -0.2) is 24.6 Å². The lowest BCUT2D eigenvalue weighted by Crippen LogP contribution is -2.23. The maximum atomic E-state index is 11.7. The third kappa shape index (κ3) is 11.1. The van der Waals surface area contributed by atoms with Gasteiger partial charge in [-0.15, -0.1) is 0 Å². The monoisotopic (exact) mass is 298 g/mol. The van der Waals surface area contributed by atoms with Crippen LogP contribution >= 0.6 is 0 Å². The van der Waals surface area contributed by atoms with Crippen LogP contribution in [0.25, 0.3) is 0 Å². The first-order valence-electron chi connectivity index (χ1n) is 7.85. The van der Waals surface area contributed by atoms with E-state index in [-0.39, 0.29) is 30.9 Å². The minimum Gasteiger partial charge on any atom is -0.462 e. The molecule has 0 saturated carbocycles. The van der Waals surface area contributed by atoms with Gasteiger partial charge in [0, 0.05) is 12.8 Å². The Morgan fingerprint density at radius 2 is 1.71 bits per heavy atom. The molecule has 0 aromatic rings. The number of rotatable bonds is 10. The van der Waals surface area contributed by atoms with Crippen LogP contribution in [0.2, 0.25) is 0 Å². The molecule has 0 saturated heterocycles. The minimum atomic E-state index is -0.269. The quantitative estimate of drug-likeness (QED) is 0.451. The SMILES string of the molecule is CCCC(OC(=O)CCCC(=O)OCC=C(C)C)C(C)C. The summed E-state index contributed by atoms with van der Waals surface area (Å²) in [6.07, 6.45) is 4.71. The maximum Gasteiger partial charge on any atom is 0.306 e. The van der Waals surface area contributed by atoms with Crippen molar-refractivity contribution in [2.24, 2.45) is 5.92 Å². The highest BCUT2D eigenvalue weighted by Crippen LogP contribution is 2.14. The lowest BCUT2D eigenvalue weighted by molar-refractivity contribution is -0.152. The Morgan fingerprint density at radius 3 is 2.24 bits per heavy atom. The van der Waals surface area contributed by atoms with Gasteiger partial charge in [-0.2, -0.15) is 0 Å². The van der Waals surface area contributed by atoms with Gasteiger partial charge >= 0.3 is 11.9 Å². The number of allylic oxidation sites excluding steroid dienone is 1. The Labute approximate surface area is 128 Å². The molecule has 0 heterocycles. The Hall–Kier alpha value is -1.32. The molecule has 0 N–H and O–H groups in total. The minimum absolute atomic E-state index is 0.0212. The van der Waals surface area contributed by atoms with Crippen molar-refractivity contribution in [1.29, 1.82) is 0 Å². The largest absolute Gasteiger partial charge is 0.462 e. The van der Waals surface area contributed by atoms with E-state index in [0.29, 0.717) is 18.9 Å². The molecule has 0 aliphatic heterocycles. The van der Waals surface area contributed by atoms with Crippen molar-refractivity contribution in [1.82, 2.24) is 0 Å². The van der Waals surface area contributed by atoms with Crippen LogP contribution in [0, 0.1) is 5.92 Å². The highest BCUT2D eigenvalue weighted by atomic mass is 16.5. The molecule has 0 radical (unpaired) electrons. The summed E-state index contributed by atoms with van der Waals surface area (Å²) in [5.41, 5.74) is 1.11. The van der Waals surface area contributed by atoms with Crippen molar-refractivity contribution < 1.29 is 19.1 Å². The number of esters is 2. The van der Waals surface area contributed by atoms with Crippen molar-refractivity contribution in [3.05, 3.63) is 11.6 Å². The van der Waals surface area contributed by atoms with Gasteiger partial charge in [0.05, 0.1) is 0 Å². The predicted octanol–water partition coefficient (Wildman–Crippen LogP) is 4.03. The average molecular weight is 298 g/mol. The topological polar surface area (TPSA) is 52.6 Å². The van der Waals surface area contributed by atoms with E-state index in [1.807, 2.05) is 33.8 Å². The van der Waals surface area contributed by atoms with Gasteiger partial charge in [-0.05, 0) is 38.7 Å². The number of ether oxygens (including phenoxy) is 2. The highest BCUT2D eigenvalue weighted by molar-refractivity contribution is 5.72. The fourth-order valence-electron chi connectivity index (χ4n) is 1.79. The molecule has 0 fully saturated rings. The Kier molecular flexibility index (Phi) is 10.6.